The molecule has 0 aromatic heterocycles. The van der Waals surface area contributed by atoms with E-state index in [0.29, 0.717) is 6.42 Å². The molecule has 9 heteroatoms. The zero-order chi connectivity index (χ0) is 38.2. The van der Waals surface area contributed by atoms with E-state index < -0.39 is 32.5 Å². The molecule has 0 rings (SSSR count). The van der Waals surface area contributed by atoms with Crippen molar-refractivity contribution < 1.29 is 37.9 Å². The average molecular weight is 753 g/mol. The number of phosphoric acid groups is 1. The fourth-order valence-corrected chi connectivity index (χ4v) is 6.07. The summed E-state index contributed by atoms with van der Waals surface area (Å²) >= 11 is 0. The van der Waals surface area contributed by atoms with Gasteiger partial charge in [0.25, 0.3) is 0 Å². The van der Waals surface area contributed by atoms with E-state index in [-0.39, 0.29) is 19.4 Å². The number of unbranched alkanes of at least 4 members (excludes halogenated alkanes) is 20. The summed E-state index contributed by atoms with van der Waals surface area (Å²) < 4.78 is 26.4. The molecule has 0 heterocycles. The molecule has 0 spiro atoms. The highest BCUT2D eigenvalue weighted by atomic mass is 31.2. The molecule has 302 valence electrons. The maximum Gasteiger partial charge on any atom is 0.469 e. The second-order valence-electron chi connectivity index (χ2n) is 14.0. The lowest BCUT2D eigenvalue weighted by molar-refractivity contribution is -0.161. The highest BCUT2D eigenvalue weighted by Gasteiger charge is 2.22. The number of hydrogen-bond acceptors (Lipinski definition) is 6. The normalized spacial score (nSPS) is 12.9. The Balaban J connectivity index is 3.99. The lowest BCUT2D eigenvalue weighted by atomic mass is 10.0. The van der Waals surface area contributed by atoms with Crippen LogP contribution in [0.25, 0.3) is 0 Å². The minimum absolute atomic E-state index is 0.175. The van der Waals surface area contributed by atoms with Crippen molar-refractivity contribution in [2.75, 3.05) is 13.2 Å². The van der Waals surface area contributed by atoms with Crippen LogP contribution in [0.1, 0.15) is 194 Å². The van der Waals surface area contributed by atoms with Gasteiger partial charge < -0.3 is 19.3 Å². The number of carbonyl (C=O) groups is 2. The summed E-state index contributed by atoms with van der Waals surface area (Å²) in [6, 6.07) is 0. The second kappa shape index (κ2) is 38.7. The van der Waals surface area contributed by atoms with Gasteiger partial charge in [-0.1, -0.05) is 172 Å². The SMILES string of the molecule is CCCCC/C=C/C/C=C/C/C=C/C/C=C/CCCCCC(=O)O[C@H](COC(=O)CCCCCCCCCCCCCCCCC)COP(=O)(O)O. The number of ether oxygens (including phenoxy) is 2. The maximum atomic E-state index is 12.4. The Kier molecular flexibility index (Phi) is 37.2. The molecule has 8 nitrogen and oxygen atoms in total. The Hall–Kier alpha value is -1.99. The molecule has 0 unspecified atom stereocenters. The van der Waals surface area contributed by atoms with E-state index >= 15 is 0 Å². The fourth-order valence-electron chi connectivity index (χ4n) is 5.71. The van der Waals surface area contributed by atoms with Gasteiger partial charge in [-0.15, -0.1) is 0 Å². The van der Waals surface area contributed by atoms with Crippen molar-refractivity contribution in [3.05, 3.63) is 48.6 Å². The van der Waals surface area contributed by atoms with Gasteiger partial charge in [-0.05, 0) is 57.8 Å². The van der Waals surface area contributed by atoms with Crippen LogP contribution in [0.2, 0.25) is 0 Å². The molecule has 0 aromatic carbocycles. The highest BCUT2D eigenvalue weighted by Crippen LogP contribution is 2.36. The van der Waals surface area contributed by atoms with Crippen LogP contribution < -0.4 is 0 Å². The van der Waals surface area contributed by atoms with E-state index in [1.165, 1.54) is 103 Å². The van der Waals surface area contributed by atoms with Gasteiger partial charge in [0.05, 0.1) is 6.61 Å². The molecule has 1 atom stereocenters. The minimum atomic E-state index is -4.76. The van der Waals surface area contributed by atoms with E-state index in [4.69, 9.17) is 19.3 Å². The third-order valence-corrected chi connectivity index (χ3v) is 9.34. The Morgan fingerprint density at radius 2 is 0.865 bits per heavy atom. The van der Waals surface area contributed by atoms with Crippen LogP contribution in [0.5, 0.6) is 0 Å². The number of rotatable bonds is 38. The molecule has 0 amide bonds. The number of carbonyl (C=O) groups excluding carboxylic acids is 2. The summed E-state index contributed by atoms with van der Waals surface area (Å²) in [7, 11) is -4.76. The first kappa shape index (κ1) is 50.0. The van der Waals surface area contributed by atoms with E-state index in [2.05, 4.69) is 67.0 Å². The van der Waals surface area contributed by atoms with Gasteiger partial charge in [-0.2, -0.15) is 0 Å². The van der Waals surface area contributed by atoms with Crippen LogP contribution in [-0.4, -0.2) is 41.0 Å². The van der Waals surface area contributed by atoms with Gasteiger partial charge in [-0.3, -0.25) is 14.1 Å². The summed E-state index contributed by atoms with van der Waals surface area (Å²) in [6.07, 6.45) is 46.8. The summed E-state index contributed by atoms with van der Waals surface area (Å²) in [6.45, 7) is 3.64. The number of phosphoric ester groups is 1. The molecule has 0 bridgehead atoms. The van der Waals surface area contributed by atoms with Crippen LogP contribution in [-0.2, 0) is 28.2 Å². The lowest BCUT2D eigenvalue weighted by Gasteiger charge is -2.18. The topological polar surface area (TPSA) is 119 Å². The van der Waals surface area contributed by atoms with Gasteiger partial charge in [0, 0.05) is 12.8 Å². The standard InChI is InChI=1S/C43H77O8P/c1-3-5-7-9-11-13-15-17-19-20-21-22-24-26-28-30-32-34-36-38-43(45)51-41(40-50-52(46,47)48)39-49-42(44)37-35-33-31-29-27-25-23-18-16-14-12-10-8-6-4-2/h11,13,17,19,21-22,26,28,41H,3-10,12,14-16,18,20,23-25,27,29-40H2,1-2H3,(H2,46,47,48)/b13-11+,19-17+,22-21+,28-26+/t41-/m1/s1. The first-order valence-electron chi connectivity index (χ1n) is 20.9. The molecule has 0 aliphatic carbocycles. The Labute approximate surface area is 318 Å². The van der Waals surface area contributed by atoms with Crippen molar-refractivity contribution >= 4 is 19.8 Å². The molecule has 52 heavy (non-hydrogen) atoms. The molecular formula is C43H77O8P. The van der Waals surface area contributed by atoms with Crippen LogP contribution in [0.3, 0.4) is 0 Å². The lowest BCUT2D eigenvalue weighted by Crippen LogP contribution is -2.29. The molecular weight excluding hydrogens is 675 g/mol. The predicted molar refractivity (Wildman–Crippen MR) is 216 cm³/mol. The summed E-state index contributed by atoms with van der Waals surface area (Å²) in [5, 5.41) is 0. The molecule has 0 aromatic rings. The molecule has 2 N–H and O–H groups in total. The second-order valence-corrected chi connectivity index (χ2v) is 15.2. The van der Waals surface area contributed by atoms with Crippen molar-refractivity contribution in [1.29, 1.82) is 0 Å². The highest BCUT2D eigenvalue weighted by molar-refractivity contribution is 7.46. The van der Waals surface area contributed by atoms with E-state index in [1.54, 1.807) is 0 Å². The largest absolute Gasteiger partial charge is 0.469 e. The summed E-state index contributed by atoms with van der Waals surface area (Å²) in [5.41, 5.74) is 0. The van der Waals surface area contributed by atoms with E-state index in [9.17, 15) is 14.2 Å². The molecule has 0 saturated carbocycles. The molecule has 0 fully saturated rings. The Morgan fingerprint density at radius 1 is 0.500 bits per heavy atom. The van der Waals surface area contributed by atoms with Gasteiger partial charge in [-0.25, -0.2) is 4.57 Å². The molecule has 0 aliphatic rings. The molecule has 0 aliphatic heterocycles. The Bertz CT molecular complexity index is 984. The zero-order valence-corrected chi connectivity index (χ0v) is 34.1. The Morgan fingerprint density at radius 3 is 1.33 bits per heavy atom. The van der Waals surface area contributed by atoms with E-state index in [0.717, 1.165) is 57.8 Å². The van der Waals surface area contributed by atoms with Crippen molar-refractivity contribution in [1.82, 2.24) is 0 Å². The first-order chi connectivity index (χ1) is 25.3. The van der Waals surface area contributed by atoms with Gasteiger partial charge in [0.1, 0.15) is 6.61 Å². The van der Waals surface area contributed by atoms with Gasteiger partial charge in [0.15, 0.2) is 6.10 Å². The smallest absolute Gasteiger partial charge is 0.462 e. The summed E-state index contributed by atoms with van der Waals surface area (Å²) in [5.74, 6) is -0.917. The third-order valence-electron chi connectivity index (χ3n) is 8.85. The summed E-state index contributed by atoms with van der Waals surface area (Å²) in [4.78, 5) is 42.8. The van der Waals surface area contributed by atoms with Crippen molar-refractivity contribution in [3.63, 3.8) is 0 Å². The van der Waals surface area contributed by atoms with E-state index in [1.807, 2.05) is 0 Å². The third kappa shape index (κ3) is 40.8. The van der Waals surface area contributed by atoms with Crippen molar-refractivity contribution in [3.8, 4) is 0 Å². The molecule has 0 radical (unpaired) electrons. The fraction of sp³-hybridized carbons (Fsp3) is 0.767. The van der Waals surface area contributed by atoms with Gasteiger partial charge >= 0.3 is 19.8 Å². The average Bonchev–Trinajstić information content (AvgIpc) is 3.11. The van der Waals surface area contributed by atoms with Gasteiger partial charge in [0.2, 0.25) is 0 Å². The quantitative estimate of drug-likeness (QED) is 0.0277. The predicted octanol–water partition coefficient (Wildman–Crippen LogP) is 12.7. The van der Waals surface area contributed by atoms with Crippen molar-refractivity contribution in [2.24, 2.45) is 0 Å². The number of hydrogen-bond donors (Lipinski definition) is 2. The van der Waals surface area contributed by atoms with Crippen LogP contribution >= 0.6 is 7.82 Å². The number of esters is 2. The molecule has 0 saturated heterocycles. The zero-order valence-electron chi connectivity index (χ0n) is 33.2. The van der Waals surface area contributed by atoms with Crippen LogP contribution in [0.4, 0.5) is 0 Å². The first-order valence-corrected chi connectivity index (χ1v) is 22.5. The maximum absolute atomic E-state index is 12.4. The van der Waals surface area contributed by atoms with Crippen LogP contribution in [0.15, 0.2) is 48.6 Å². The minimum Gasteiger partial charge on any atom is -0.462 e. The number of allylic oxidation sites excluding steroid dienone is 8. The van der Waals surface area contributed by atoms with Crippen molar-refractivity contribution in [2.45, 2.75) is 200 Å². The van der Waals surface area contributed by atoms with Crippen LogP contribution in [0, 0.1) is 0 Å². The monoisotopic (exact) mass is 753 g/mol.